The molecule has 1 aliphatic rings. The predicted molar refractivity (Wildman–Crippen MR) is 75.4 cm³/mol. The van der Waals surface area contributed by atoms with Crippen molar-refractivity contribution >= 4 is 33.2 Å². The molecule has 0 spiro atoms. The van der Waals surface area contributed by atoms with Crippen molar-refractivity contribution < 1.29 is 13.9 Å². The molecule has 0 aromatic carbocycles. The third-order valence-electron chi connectivity index (χ3n) is 2.86. The summed E-state index contributed by atoms with van der Waals surface area (Å²) in [5.74, 6) is 0.698. The molecule has 100 valence electrons. The number of oxazole rings is 1. The summed E-state index contributed by atoms with van der Waals surface area (Å²) in [7, 11) is 0. The maximum Gasteiger partial charge on any atom is 0.376 e. The summed E-state index contributed by atoms with van der Waals surface area (Å²) in [6.07, 6.45) is 2.12. The average Bonchev–Trinajstić information content (AvgIpc) is 2.98. The molecule has 4 nitrogen and oxygen atoms in total. The molecule has 0 bridgehead atoms. The minimum atomic E-state index is -0.418. The number of carbonyl (C=O) groups excluding carboxylic acids is 1. The number of aromatic nitrogens is 1. The number of thiophene rings is 1. The van der Waals surface area contributed by atoms with Gasteiger partial charge in [0.25, 0.3) is 0 Å². The zero-order valence-corrected chi connectivity index (χ0v) is 12.7. The van der Waals surface area contributed by atoms with Crippen LogP contribution in [0.5, 0.6) is 0 Å². The lowest BCUT2D eigenvalue weighted by Crippen LogP contribution is -2.05. The van der Waals surface area contributed by atoms with Gasteiger partial charge in [0.05, 0.1) is 21.0 Å². The van der Waals surface area contributed by atoms with E-state index in [1.165, 1.54) is 11.3 Å². The first-order valence-electron chi connectivity index (χ1n) is 6.12. The maximum absolute atomic E-state index is 11.9. The second-order valence-electron chi connectivity index (χ2n) is 4.33. The van der Waals surface area contributed by atoms with Gasteiger partial charge in [-0.05, 0) is 47.8 Å². The first-order chi connectivity index (χ1) is 9.19. The fourth-order valence-corrected chi connectivity index (χ4v) is 3.16. The highest BCUT2D eigenvalue weighted by Gasteiger charge is 2.34. The molecule has 0 N–H and O–H groups in total. The van der Waals surface area contributed by atoms with E-state index in [-0.39, 0.29) is 5.76 Å². The van der Waals surface area contributed by atoms with Gasteiger partial charge < -0.3 is 9.15 Å². The Morgan fingerprint density at radius 2 is 2.37 bits per heavy atom. The van der Waals surface area contributed by atoms with Crippen molar-refractivity contribution in [2.45, 2.75) is 25.7 Å². The molecule has 6 heteroatoms. The van der Waals surface area contributed by atoms with Gasteiger partial charge in [-0.25, -0.2) is 9.78 Å². The lowest BCUT2D eigenvalue weighted by molar-refractivity contribution is 0.0489. The van der Waals surface area contributed by atoms with E-state index in [1.54, 1.807) is 6.92 Å². The number of rotatable bonds is 4. The largest absolute Gasteiger partial charge is 0.460 e. The van der Waals surface area contributed by atoms with Crippen LogP contribution in [0.2, 0.25) is 0 Å². The highest BCUT2D eigenvalue weighted by atomic mass is 79.9. The van der Waals surface area contributed by atoms with Crippen molar-refractivity contribution in [1.82, 2.24) is 4.98 Å². The molecule has 2 heterocycles. The highest BCUT2D eigenvalue weighted by molar-refractivity contribution is 9.11. The Kier molecular flexibility index (Phi) is 3.45. The zero-order valence-electron chi connectivity index (χ0n) is 10.3. The van der Waals surface area contributed by atoms with Gasteiger partial charge in [-0.3, -0.25) is 0 Å². The summed E-state index contributed by atoms with van der Waals surface area (Å²) in [4.78, 5) is 17.3. The molecule has 2 aromatic heterocycles. The minimum Gasteiger partial charge on any atom is -0.460 e. The first-order valence-corrected chi connectivity index (χ1v) is 7.73. The van der Waals surface area contributed by atoms with E-state index in [4.69, 9.17) is 9.15 Å². The second-order valence-corrected chi connectivity index (χ2v) is 6.79. The maximum atomic E-state index is 11.9. The summed E-state index contributed by atoms with van der Waals surface area (Å²) in [6, 6.07) is 3.86. The molecule has 0 unspecified atom stereocenters. The first kappa shape index (κ1) is 12.9. The third-order valence-corrected chi connectivity index (χ3v) is 4.47. The average molecular weight is 342 g/mol. The van der Waals surface area contributed by atoms with E-state index in [0.29, 0.717) is 18.4 Å². The topological polar surface area (TPSA) is 52.3 Å². The van der Waals surface area contributed by atoms with Gasteiger partial charge in [-0.2, -0.15) is 0 Å². The van der Waals surface area contributed by atoms with E-state index < -0.39 is 5.97 Å². The lowest BCUT2D eigenvalue weighted by Gasteiger charge is -1.98. The Morgan fingerprint density at radius 1 is 1.58 bits per heavy atom. The van der Waals surface area contributed by atoms with E-state index in [1.807, 2.05) is 12.1 Å². The second kappa shape index (κ2) is 5.09. The SMILES string of the molecule is CCOC(=O)c1oc(-c2ccc(Br)s2)nc1C1CC1. The van der Waals surface area contributed by atoms with Crippen molar-refractivity contribution in [3.63, 3.8) is 0 Å². The third kappa shape index (κ3) is 2.60. The Balaban J connectivity index is 1.98. The molecule has 19 heavy (non-hydrogen) atoms. The number of esters is 1. The van der Waals surface area contributed by atoms with E-state index in [9.17, 15) is 4.79 Å². The summed E-state index contributed by atoms with van der Waals surface area (Å²) in [5.41, 5.74) is 0.748. The van der Waals surface area contributed by atoms with Crippen molar-refractivity contribution in [3.8, 4) is 10.8 Å². The van der Waals surface area contributed by atoms with Gasteiger partial charge in [0.2, 0.25) is 11.7 Å². The van der Waals surface area contributed by atoms with Crippen LogP contribution in [0.4, 0.5) is 0 Å². The Bertz CT molecular complexity index is 615. The van der Waals surface area contributed by atoms with E-state index in [0.717, 1.165) is 27.2 Å². The minimum absolute atomic E-state index is 0.267. The normalized spacial score (nSPS) is 14.6. The molecule has 3 rings (SSSR count). The van der Waals surface area contributed by atoms with Crippen molar-refractivity contribution in [2.24, 2.45) is 0 Å². The Labute approximate surface area is 122 Å². The molecule has 1 fully saturated rings. The van der Waals surface area contributed by atoms with Crippen LogP contribution in [0.15, 0.2) is 20.3 Å². The summed E-state index contributed by atoms with van der Waals surface area (Å²) >= 11 is 4.94. The fourth-order valence-electron chi connectivity index (χ4n) is 1.84. The standard InChI is InChI=1S/C13H12BrNO3S/c1-2-17-13(16)11-10(7-3-4-7)15-12(18-11)8-5-6-9(14)19-8/h5-7H,2-4H2,1H3. The number of hydrogen-bond donors (Lipinski definition) is 0. The number of halogens is 1. The van der Waals surface area contributed by atoms with E-state index in [2.05, 4.69) is 20.9 Å². The van der Waals surface area contributed by atoms with Crippen LogP contribution < -0.4 is 0 Å². The Hall–Kier alpha value is -1.14. The monoisotopic (exact) mass is 341 g/mol. The van der Waals surface area contributed by atoms with Crippen LogP contribution in [0.25, 0.3) is 10.8 Å². The van der Waals surface area contributed by atoms with Crippen LogP contribution in [-0.4, -0.2) is 17.6 Å². The Morgan fingerprint density at radius 3 is 2.95 bits per heavy atom. The van der Waals surface area contributed by atoms with Crippen LogP contribution in [0, 0.1) is 0 Å². The van der Waals surface area contributed by atoms with Crippen LogP contribution >= 0.6 is 27.3 Å². The molecule has 1 saturated carbocycles. The van der Waals surface area contributed by atoms with Gasteiger partial charge in [-0.1, -0.05) is 0 Å². The van der Waals surface area contributed by atoms with Gasteiger partial charge in [0.1, 0.15) is 0 Å². The quantitative estimate of drug-likeness (QED) is 0.781. The van der Waals surface area contributed by atoms with Crippen molar-refractivity contribution in [3.05, 3.63) is 27.4 Å². The molecule has 0 atom stereocenters. The number of ether oxygens (including phenoxy) is 1. The predicted octanol–water partition coefficient (Wildman–Crippen LogP) is 4.22. The molecule has 0 amide bonds. The summed E-state index contributed by atoms with van der Waals surface area (Å²) in [6.45, 7) is 2.12. The van der Waals surface area contributed by atoms with Crippen LogP contribution in [0.3, 0.4) is 0 Å². The van der Waals surface area contributed by atoms with Crippen LogP contribution in [0.1, 0.15) is 41.9 Å². The fraction of sp³-hybridized carbons (Fsp3) is 0.385. The molecular formula is C13H12BrNO3S. The van der Waals surface area contributed by atoms with Crippen molar-refractivity contribution in [1.29, 1.82) is 0 Å². The van der Waals surface area contributed by atoms with Crippen LogP contribution in [-0.2, 0) is 4.74 Å². The summed E-state index contributed by atoms with van der Waals surface area (Å²) in [5, 5.41) is 0. The lowest BCUT2D eigenvalue weighted by atomic mass is 10.2. The number of hydrogen-bond acceptors (Lipinski definition) is 5. The van der Waals surface area contributed by atoms with Gasteiger partial charge >= 0.3 is 5.97 Å². The molecule has 2 aromatic rings. The number of nitrogens with zero attached hydrogens (tertiary/aromatic N) is 1. The smallest absolute Gasteiger partial charge is 0.376 e. The number of carbonyl (C=O) groups is 1. The molecule has 0 saturated heterocycles. The summed E-state index contributed by atoms with van der Waals surface area (Å²) < 4.78 is 11.7. The highest BCUT2D eigenvalue weighted by Crippen LogP contribution is 2.43. The van der Waals surface area contributed by atoms with Gasteiger partial charge in [-0.15, -0.1) is 11.3 Å². The molecular weight excluding hydrogens is 330 g/mol. The van der Waals surface area contributed by atoms with E-state index >= 15 is 0 Å². The van der Waals surface area contributed by atoms with Crippen molar-refractivity contribution in [2.75, 3.05) is 6.61 Å². The van der Waals surface area contributed by atoms with Gasteiger partial charge in [0, 0.05) is 5.92 Å². The van der Waals surface area contributed by atoms with Gasteiger partial charge in [0.15, 0.2) is 0 Å². The molecule has 0 aliphatic heterocycles. The molecule has 1 aliphatic carbocycles. The zero-order chi connectivity index (χ0) is 13.4. The molecule has 0 radical (unpaired) electrons.